The Bertz CT molecular complexity index is 971. The van der Waals surface area contributed by atoms with Gasteiger partial charge in [0.15, 0.2) is 0 Å². The molecule has 0 radical (unpaired) electrons. The molecule has 5 nitrogen and oxygen atoms in total. The van der Waals surface area contributed by atoms with Crippen molar-refractivity contribution >= 4 is 21.5 Å². The van der Waals surface area contributed by atoms with Crippen LogP contribution in [0.25, 0.3) is 0 Å². The Hall–Kier alpha value is -2.93. The molecule has 0 aliphatic rings. The van der Waals surface area contributed by atoms with Gasteiger partial charge < -0.3 is 5.32 Å². The number of anilines is 2. The number of nitrogens with one attached hydrogen (secondary N) is 2. The lowest BCUT2D eigenvalue weighted by molar-refractivity contribution is 0.601. The number of rotatable bonds is 6. The monoisotopic (exact) mass is 371 g/mol. The second-order valence-electron chi connectivity index (χ2n) is 5.83. The molecule has 1 aromatic heterocycles. The van der Waals surface area contributed by atoms with Crippen molar-refractivity contribution in [2.45, 2.75) is 18.4 Å². The third kappa shape index (κ3) is 4.58. The van der Waals surface area contributed by atoms with Gasteiger partial charge in [0.25, 0.3) is 10.0 Å². The molecule has 0 amide bonds. The van der Waals surface area contributed by atoms with Gasteiger partial charge in [-0.05, 0) is 48.9 Å². The molecule has 2 aromatic carbocycles. The first-order chi connectivity index (χ1) is 12.4. The van der Waals surface area contributed by atoms with Crippen LogP contribution in [0.5, 0.6) is 0 Å². The first-order valence-electron chi connectivity index (χ1n) is 7.96. The quantitative estimate of drug-likeness (QED) is 0.688. The maximum Gasteiger partial charge on any atom is 0.261 e. The van der Waals surface area contributed by atoms with Crippen LogP contribution in [0.2, 0.25) is 0 Å². The van der Waals surface area contributed by atoms with E-state index in [4.69, 9.17) is 0 Å². The summed E-state index contributed by atoms with van der Waals surface area (Å²) in [4.78, 5) is 4.39. The molecule has 0 fully saturated rings. The van der Waals surface area contributed by atoms with E-state index in [1.54, 1.807) is 48.5 Å². The summed E-state index contributed by atoms with van der Waals surface area (Å²) in [7, 11) is -3.65. The predicted octanol–water partition coefficient (Wildman–Crippen LogP) is 3.94. The van der Waals surface area contributed by atoms with Crippen molar-refractivity contribution in [1.82, 2.24) is 4.98 Å². The topological polar surface area (TPSA) is 71.1 Å². The maximum absolute atomic E-state index is 12.9. The van der Waals surface area contributed by atoms with Gasteiger partial charge in [-0.15, -0.1) is 0 Å². The van der Waals surface area contributed by atoms with Crippen LogP contribution in [-0.4, -0.2) is 13.4 Å². The van der Waals surface area contributed by atoms with Crippen LogP contribution in [0.4, 0.5) is 15.9 Å². The third-order valence-corrected chi connectivity index (χ3v) is 5.13. The van der Waals surface area contributed by atoms with Gasteiger partial charge in [-0.25, -0.2) is 17.8 Å². The Labute approximate surface area is 152 Å². The van der Waals surface area contributed by atoms with E-state index in [0.29, 0.717) is 18.1 Å². The molecule has 134 valence electrons. The molecular weight excluding hydrogens is 353 g/mol. The molecule has 0 aliphatic carbocycles. The smallest absolute Gasteiger partial charge is 0.261 e. The average molecular weight is 371 g/mol. The molecular formula is C19H18FN3O2S. The Morgan fingerprint density at radius 2 is 1.65 bits per heavy atom. The first kappa shape index (κ1) is 17.9. The lowest BCUT2D eigenvalue weighted by atomic mass is 10.2. The summed E-state index contributed by atoms with van der Waals surface area (Å²) < 4.78 is 40.1. The summed E-state index contributed by atoms with van der Waals surface area (Å²) >= 11 is 0. The molecule has 0 saturated carbocycles. The number of hydrogen-bond donors (Lipinski definition) is 2. The molecule has 1 heterocycles. The number of halogens is 1. The molecule has 0 aliphatic heterocycles. The van der Waals surface area contributed by atoms with Crippen molar-refractivity contribution in [3.05, 3.63) is 83.8 Å². The molecule has 3 aromatic rings. The van der Waals surface area contributed by atoms with E-state index >= 15 is 0 Å². The molecule has 0 unspecified atom stereocenters. The maximum atomic E-state index is 12.9. The highest BCUT2D eigenvalue weighted by molar-refractivity contribution is 7.92. The number of sulfonamides is 1. The second kappa shape index (κ2) is 7.53. The number of benzene rings is 2. The highest BCUT2D eigenvalue weighted by Crippen LogP contribution is 2.17. The van der Waals surface area contributed by atoms with Gasteiger partial charge >= 0.3 is 0 Å². The van der Waals surface area contributed by atoms with Gasteiger partial charge in [0.2, 0.25) is 0 Å². The first-order valence-corrected chi connectivity index (χ1v) is 9.44. The molecule has 0 atom stereocenters. The van der Waals surface area contributed by atoms with Gasteiger partial charge in [0.1, 0.15) is 11.6 Å². The minimum absolute atomic E-state index is 0.196. The highest BCUT2D eigenvalue weighted by Gasteiger charge is 2.13. The van der Waals surface area contributed by atoms with E-state index in [0.717, 1.165) is 11.1 Å². The number of nitrogens with zero attached hydrogens (tertiary/aromatic N) is 1. The summed E-state index contributed by atoms with van der Waals surface area (Å²) in [5.74, 6) is 0.310. The van der Waals surface area contributed by atoms with Crippen molar-refractivity contribution in [2.75, 3.05) is 10.0 Å². The van der Waals surface area contributed by atoms with E-state index in [9.17, 15) is 12.8 Å². The van der Waals surface area contributed by atoms with E-state index in [2.05, 4.69) is 15.0 Å². The summed E-state index contributed by atoms with van der Waals surface area (Å²) in [5, 5.41) is 3.10. The van der Waals surface area contributed by atoms with E-state index < -0.39 is 10.0 Å². The lowest BCUT2D eigenvalue weighted by Crippen LogP contribution is -2.13. The van der Waals surface area contributed by atoms with Crippen molar-refractivity contribution in [3.8, 4) is 0 Å². The van der Waals surface area contributed by atoms with Gasteiger partial charge in [-0.2, -0.15) is 0 Å². The SMILES string of the molecule is Cc1ccc(S(=O)(=O)Nc2ccc(NCc3ccc(F)cc3)nc2)cc1. The Morgan fingerprint density at radius 3 is 2.27 bits per heavy atom. The average Bonchev–Trinajstić information content (AvgIpc) is 2.62. The van der Waals surface area contributed by atoms with Crippen LogP contribution in [-0.2, 0) is 16.6 Å². The van der Waals surface area contributed by atoms with Crippen LogP contribution >= 0.6 is 0 Å². The summed E-state index contributed by atoms with van der Waals surface area (Å²) in [6.07, 6.45) is 1.44. The molecule has 26 heavy (non-hydrogen) atoms. The normalized spacial score (nSPS) is 11.2. The van der Waals surface area contributed by atoms with E-state index in [1.807, 2.05) is 6.92 Å². The van der Waals surface area contributed by atoms with Gasteiger partial charge in [0.05, 0.1) is 16.8 Å². The Kier molecular flexibility index (Phi) is 5.18. The summed E-state index contributed by atoms with van der Waals surface area (Å²) in [6.45, 7) is 2.38. The zero-order valence-electron chi connectivity index (χ0n) is 14.1. The summed E-state index contributed by atoms with van der Waals surface area (Å²) in [6, 6.07) is 16.1. The highest BCUT2D eigenvalue weighted by atomic mass is 32.2. The molecule has 7 heteroatoms. The van der Waals surface area contributed by atoms with E-state index in [1.165, 1.54) is 18.3 Å². The fourth-order valence-corrected chi connectivity index (χ4v) is 3.33. The second-order valence-corrected chi connectivity index (χ2v) is 7.51. The standard InChI is InChI=1S/C19H18FN3O2S/c1-14-2-9-18(10-3-14)26(24,25)23-17-8-11-19(22-13-17)21-12-15-4-6-16(20)7-5-15/h2-11,13,23H,12H2,1H3,(H,21,22). The molecule has 0 spiro atoms. The lowest BCUT2D eigenvalue weighted by Gasteiger charge is -2.10. The molecule has 0 saturated heterocycles. The van der Waals surface area contributed by atoms with Crippen molar-refractivity contribution in [3.63, 3.8) is 0 Å². The zero-order valence-corrected chi connectivity index (χ0v) is 14.9. The number of aryl methyl sites for hydroxylation is 1. The van der Waals surface area contributed by atoms with Crippen LogP contribution in [0, 0.1) is 12.7 Å². The number of pyridine rings is 1. The van der Waals surface area contributed by atoms with Crippen molar-refractivity contribution in [2.24, 2.45) is 0 Å². The minimum Gasteiger partial charge on any atom is -0.366 e. The van der Waals surface area contributed by atoms with Crippen LogP contribution in [0.15, 0.2) is 71.8 Å². The van der Waals surface area contributed by atoms with Crippen LogP contribution in [0.1, 0.15) is 11.1 Å². The van der Waals surface area contributed by atoms with Gasteiger partial charge in [-0.3, -0.25) is 4.72 Å². The summed E-state index contributed by atoms with van der Waals surface area (Å²) in [5.41, 5.74) is 2.28. The largest absolute Gasteiger partial charge is 0.366 e. The van der Waals surface area contributed by atoms with E-state index in [-0.39, 0.29) is 10.7 Å². The molecule has 2 N–H and O–H groups in total. The fraction of sp³-hybridized carbons (Fsp3) is 0.105. The minimum atomic E-state index is -3.65. The van der Waals surface area contributed by atoms with Crippen molar-refractivity contribution < 1.29 is 12.8 Å². The Balaban J connectivity index is 1.63. The fourth-order valence-electron chi connectivity index (χ4n) is 2.29. The van der Waals surface area contributed by atoms with Crippen LogP contribution in [0.3, 0.4) is 0 Å². The molecule has 0 bridgehead atoms. The number of aromatic nitrogens is 1. The van der Waals surface area contributed by atoms with Crippen molar-refractivity contribution in [1.29, 1.82) is 0 Å². The predicted molar refractivity (Wildman–Crippen MR) is 100.0 cm³/mol. The zero-order chi connectivity index (χ0) is 18.6. The van der Waals surface area contributed by atoms with Gasteiger partial charge in [0, 0.05) is 6.54 Å². The third-order valence-electron chi connectivity index (χ3n) is 3.73. The van der Waals surface area contributed by atoms with Gasteiger partial charge in [-0.1, -0.05) is 29.8 Å². The number of hydrogen-bond acceptors (Lipinski definition) is 4. The molecule has 3 rings (SSSR count). The van der Waals surface area contributed by atoms with Crippen LogP contribution < -0.4 is 10.0 Å². The Morgan fingerprint density at radius 1 is 0.962 bits per heavy atom.